The summed E-state index contributed by atoms with van der Waals surface area (Å²) in [5, 5.41) is 16.0. The van der Waals surface area contributed by atoms with Gasteiger partial charge in [-0.1, -0.05) is 0 Å². The maximum Gasteiger partial charge on any atom is 0.266 e. The molecule has 2 heterocycles. The number of aromatic amines is 1. The van der Waals surface area contributed by atoms with E-state index in [-0.39, 0.29) is 11.7 Å². The topological polar surface area (TPSA) is 69.2 Å². The second-order valence-corrected chi connectivity index (χ2v) is 4.78. The summed E-state index contributed by atoms with van der Waals surface area (Å²) in [7, 11) is 0. The average Bonchev–Trinajstić information content (AvgIpc) is 2.81. The molecule has 3 atom stereocenters. The molecule has 0 radical (unpaired) electrons. The molecule has 0 bridgehead atoms. The lowest BCUT2D eigenvalue weighted by atomic mass is 10.00. The van der Waals surface area contributed by atoms with Gasteiger partial charge in [0.15, 0.2) is 0 Å². The van der Waals surface area contributed by atoms with E-state index in [0.29, 0.717) is 11.8 Å². The van der Waals surface area contributed by atoms with Gasteiger partial charge in [-0.05, 0) is 18.8 Å². The second-order valence-electron chi connectivity index (χ2n) is 4.78. The van der Waals surface area contributed by atoms with Gasteiger partial charge in [-0.25, -0.2) is 5.10 Å². The fraction of sp³-hybridized carbons (Fsp3) is 0.636. The Labute approximate surface area is 93.1 Å². The van der Waals surface area contributed by atoms with Crippen LogP contribution in [-0.4, -0.2) is 34.5 Å². The smallest absolute Gasteiger partial charge is 0.266 e. The molecule has 2 aliphatic rings. The standard InChI is InChI=1S/C11H15N3O2/c15-10-2-1-7-5-14(6-9(7)10)8-3-11(16)13-12-4-8/h3-4,7,9-10,15H,1-2,5-6H2,(H,13,16). The van der Waals surface area contributed by atoms with Gasteiger partial charge in [-0.3, -0.25) is 4.79 Å². The number of nitrogens with zero attached hydrogens (tertiary/aromatic N) is 2. The molecule has 1 saturated heterocycles. The van der Waals surface area contributed by atoms with Crippen LogP contribution in [0.3, 0.4) is 0 Å². The summed E-state index contributed by atoms with van der Waals surface area (Å²) >= 11 is 0. The summed E-state index contributed by atoms with van der Waals surface area (Å²) in [6, 6.07) is 1.57. The predicted octanol–water partition coefficient (Wildman–Crippen LogP) is -0.0230. The normalized spacial score (nSPS) is 33.1. The van der Waals surface area contributed by atoms with Gasteiger partial charge in [0, 0.05) is 25.1 Å². The number of aliphatic hydroxyl groups is 1. The molecule has 1 aromatic rings. The Hall–Kier alpha value is -1.36. The molecular weight excluding hydrogens is 206 g/mol. The van der Waals surface area contributed by atoms with Gasteiger partial charge in [0.05, 0.1) is 18.0 Å². The predicted molar refractivity (Wildman–Crippen MR) is 59.3 cm³/mol. The van der Waals surface area contributed by atoms with Crippen molar-refractivity contribution in [3.8, 4) is 0 Å². The number of nitrogens with one attached hydrogen (secondary N) is 1. The molecule has 0 spiro atoms. The minimum Gasteiger partial charge on any atom is -0.393 e. The van der Waals surface area contributed by atoms with E-state index in [2.05, 4.69) is 15.1 Å². The molecule has 5 heteroatoms. The molecule has 3 unspecified atom stereocenters. The zero-order chi connectivity index (χ0) is 11.1. The minimum atomic E-state index is -0.171. The first-order valence-electron chi connectivity index (χ1n) is 5.72. The van der Waals surface area contributed by atoms with Crippen molar-refractivity contribution in [2.45, 2.75) is 18.9 Å². The van der Waals surface area contributed by atoms with E-state index in [1.54, 1.807) is 12.3 Å². The third-order valence-electron chi connectivity index (χ3n) is 3.83. The van der Waals surface area contributed by atoms with Crippen LogP contribution in [0.2, 0.25) is 0 Å². The van der Waals surface area contributed by atoms with Gasteiger partial charge in [0.25, 0.3) is 5.56 Å². The molecular formula is C11H15N3O2. The van der Waals surface area contributed by atoms with E-state index in [4.69, 9.17) is 0 Å². The highest BCUT2D eigenvalue weighted by atomic mass is 16.3. The number of rotatable bonds is 1. The summed E-state index contributed by atoms with van der Waals surface area (Å²) in [6.45, 7) is 1.78. The molecule has 1 saturated carbocycles. The Bertz CT molecular complexity index is 445. The molecule has 2 N–H and O–H groups in total. The fourth-order valence-corrected chi connectivity index (χ4v) is 2.99. The number of hydrogen-bond donors (Lipinski definition) is 2. The molecule has 86 valence electrons. The Balaban J connectivity index is 1.82. The third kappa shape index (κ3) is 1.51. The second kappa shape index (κ2) is 3.59. The van der Waals surface area contributed by atoms with E-state index in [0.717, 1.165) is 31.6 Å². The molecule has 5 nitrogen and oxygen atoms in total. The van der Waals surface area contributed by atoms with Crippen LogP contribution < -0.4 is 10.5 Å². The minimum absolute atomic E-state index is 0.162. The Morgan fingerprint density at radius 3 is 3.06 bits per heavy atom. The summed E-state index contributed by atoms with van der Waals surface area (Å²) in [5.74, 6) is 0.952. The maximum atomic E-state index is 11.2. The van der Waals surface area contributed by atoms with Crippen LogP contribution in [0.4, 0.5) is 5.69 Å². The van der Waals surface area contributed by atoms with Crippen LogP contribution in [0.15, 0.2) is 17.1 Å². The van der Waals surface area contributed by atoms with Gasteiger partial charge in [-0.15, -0.1) is 0 Å². The van der Waals surface area contributed by atoms with Crippen molar-refractivity contribution in [1.82, 2.24) is 10.2 Å². The molecule has 3 rings (SSSR count). The van der Waals surface area contributed by atoms with Crippen molar-refractivity contribution >= 4 is 5.69 Å². The number of aromatic nitrogens is 2. The zero-order valence-electron chi connectivity index (χ0n) is 8.97. The van der Waals surface area contributed by atoms with Crippen LogP contribution in [0.25, 0.3) is 0 Å². The highest BCUT2D eigenvalue weighted by Crippen LogP contribution is 2.39. The third-order valence-corrected chi connectivity index (χ3v) is 3.83. The van der Waals surface area contributed by atoms with Crippen LogP contribution in [0.5, 0.6) is 0 Å². The van der Waals surface area contributed by atoms with Crippen molar-refractivity contribution in [1.29, 1.82) is 0 Å². The molecule has 16 heavy (non-hydrogen) atoms. The van der Waals surface area contributed by atoms with Crippen LogP contribution >= 0.6 is 0 Å². The van der Waals surface area contributed by atoms with Crippen LogP contribution in [-0.2, 0) is 0 Å². The van der Waals surface area contributed by atoms with E-state index in [9.17, 15) is 9.90 Å². The van der Waals surface area contributed by atoms with Gasteiger partial charge in [-0.2, -0.15) is 5.10 Å². The van der Waals surface area contributed by atoms with E-state index in [1.807, 2.05) is 0 Å². The molecule has 2 fully saturated rings. The van der Waals surface area contributed by atoms with Gasteiger partial charge < -0.3 is 10.0 Å². The molecule has 1 aromatic heterocycles. The maximum absolute atomic E-state index is 11.2. The number of fused-ring (bicyclic) bond motifs is 1. The van der Waals surface area contributed by atoms with E-state index >= 15 is 0 Å². The van der Waals surface area contributed by atoms with Crippen molar-refractivity contribution in [3.63, 3.8) is 0 Å². The number of aliphatic hydroxyl groups excluding tert-OH is 1. The summed E-state index contributed by atoms with van der Waals surface area (Å²) in [5.41, 5.74) is 0.695. The van der Waals surface area contributed by atoms with Crippen molar-refractivity contribution < 1.29 is 5.11 Å². The van der Waals surface area contributed by atoms with Crippen molar-refractivity contribution in [3.05, 3.63) is 22.6 Å². The molecule has 1 aliphatic carbocycles. The molecule has 0 aromatic carbocycles. The van der Waals surface area contributed by atoms with E-state index in [1.165, 1.54) is 0 Å². The first-order chi connectivity index (χ1) is 7.74. The van der Waals surface area contributed by atoms with Crippen molar-refractivity contribution in [2.75, 3.05) is 18.0 Å². The van der Waals surface area contributed by atoms with Gasteiger partial charge >= 0.3 is 0 Å². The highest BCUT2D eigenvalue weighted by Gasteiger charge is 2.41. The van der Waals surface area contributed by atoms with Crippen molar-refractivity contribution in [2.24, 2.45) is 11.8 Å². The van der Waals surface area contributed by atoms with Gasteiger partial charge in [0.2, 0.25) is 0 Å². The lowest BCUT2D eigenvalue weighted by Crippen LogP contribution is -2.25. The van der Waals surface area contributed by atoms with E-state index < -0.39 is 0 Å². The average molecular weight is 221 g/mol. The first kappa shape index (κ1) is 9.84. The zero-order valence-corrected chi connectivity index (χ0v) is 8.97. The summed E-state index contributed by atoms with van der Waals surface area (Å²) < 4.78 is 0. The summed E-state index contributed by atoms with van der Waals surface area (Å²) in [6.07, 6.45) is 3.54. The number of H-pyrrole nitrogens is 1. The SMILES string of the molecule is O=c1cc(N2CC3CCC(O)C3C2)cn[nH]1. The lowest BCUT2D eigenvalue weighted by molar-refractivity contribution is 0.133. The number of anilines is 1. The Morgan fingerprint density at radius 1 is 1.44 bits per heavy atom. The Morgan fingerprint density at radius 2 is 2.31 bits per heavy atom. The monoisotopic (exact) mass is 221 g/mol. The van der Waals surface area contributed by atoms with Crippen LogP contribution in [0.1, 0.15) is 12.8 Å². The quantitative estimate of drug-likeness (QED) is 0.699. The number of hydrogen-bond acceptors (Lipinski definition) is 4. The van der Waals surface area contributed by atoms with Crippen LogP contribution in [0, 0.1) is 11.8 Å². The molecule has 0 amide bonds. The lowest BCUT2D eigenvalue weighted by Gasteiger charge is -2.19. The van der Waals surface area contributed by atoms with Gasteiger partial charge in [0.1, 0.15) is 0 Å². The molecule has 1 aliphatic heterocycles. The summed E-state index contributed by atoms with van der Waals surface area (Å²) in [4.78, 5) is 13.3. The largest absolute Gasteiger partial charge is 0.393 e. The fourth-order valence-electron chi connectivity index (χ4n) is 2.99. The Kier molecular flexibility index (Phi) is 2.21. The highest BCUT2D eigenvalue weighted by molar-refractivity contribution is 5.44. The first-order valence-corrected chi connectivity index (χ1v) is 5.72.